The summed E-state index contributed by atoms with van der Waals surface area (Å²) in [5.74, 6) is 1.63. The Kier molecular flexibility index (Phi) is 4.27. The summed E-state index contributed by atoms with van der Waals surface area (Å²) < 4.78 is 1.85. The zero-order valence-electron chi connectivity index (χ0n) is 12.5. The van der Waals surface area contributed by atoms with Gasteiger partial charge < -0.3 is 5.32 Å². The molecule has 0 saturated carbocycles. The second-order valence-corrected chi connectivity index (χ2v) is 5.46. The molecule has 1 atom stereocenters. The van der Waals surface area contributed by atoms with Crippen LogP contribution in [-0.2, 0) is 17.9 Å². The van der Waals surface area contributed by atoms with Crippen molar-refractivity contribution in [2.24, 2.45) is 5.92 Å². The number of nitrogens with zero attached hydrogens (tertiary/aromatic N) is 6. The lowest BCUT2D eigenvalue weighted by atomic mass is 9.94. The summed E-state index contributed by atoms with van der Waals surface area (Å²) in [6, 6.07) is 1.80. The number of rotatable bonds is 5. The van der Waals surface area contributed by atoms with E-state index >= 15 is 0 Å². The Hall–Kier alpha value is -2.51. The molecule has 0 aliphatic heterocycles. The molecule has 22 heavy (non-hydrogen) atoms. The van der Waals surface area contributed by atoms with Gasteiger partial charge in [0.2, 0.25) is 5.91 Å². The number of hydrogen-bond acceptors (Lipinski definition) is 5. The first-order valence-corrected chi connectivity index (χ1v) is 7.42. The molecule has 0 saturated heterocycles. The van der Waals surface area contributed by atoms with Gasteiger partial charge in [0.25, 0.3) is 0 Å². The fraction of sp³-hybridized carbons (Fsp3) is 0.500. The predicted molar refractivity (Wildman–Crippen MR) is 79.9 cm³/mol. The topological polar surface area (TPSA) is 90.5 Å². The average Bonchev–Trinajstić information content (AvgIpc) is 3.10. The SMILES string of the molecule is Cc1nnn(CC(=O)Nc2ccnn2CC2CC=CCC2)n1. The van der Waals surface area contributed by atoms with Gasteiger partial charge in [0.1, 0.15) is 12.4 Å². The molecular weight excluding hydrogens is 282 g/mol. The number of allylic oxidation sites excluding steroid dienone is 2. The first-order chi connectivity index (χ1) is 10.7. The number of amides is 1. The molecule has 2 heterocycles. The lowest BCUT2D eigenvalue weighted by molar-refractivity contribution is -0.117. The number of nitrogens with one attached hydrogen (secondary N) is 1. The molecule has 116 valence electrons. The van der Waals surface area contributed by atoms with Crippen molar-refractivity contribution in [1.82, 2.24) is 30.0 Å². The molecule has 1 aliphatic rings. The third kappa shape index (κ3) is 3.57. The van der Waals surface area contributed by atoms with Crippen LogP contribution in [0.3, 0.4) is 0 Å². The van der Waals surface area contributed by atoms with Gasteiger partial charge in [-0.1, -0.05) is 12.2 Å². The van der Waals surface area contributed by atoms with E-state index in [4.69, 9.17) is 0 Å². The normalized spacial score (nSPS) is 17.6. The number of anilines is 1. The molecule has 0 bridgehead atoms. The van der Waals surface area contributed by atoms with Gasteiger partial charge in [-0.15, -0.1) is 10.2 Å². The fourth-order valence-electron chi connectivity index (χ4n) is 2.55. The molecule has 1 N–H and O–H groups in total. The molecule has 1 amide bonds. The highest BCUT2D eigenvalue weighted by molar-refractivity contribution is 5.89. The summed E-state index contributed by atoms with van der Waals surface area (Å²) >= 11 is 0. The van der Waals surface area contributed by atoms with Crippen LogP contribution < -0.4 is 5.32 Å². The first-order valence-electron chi connectivity index (χ1n) is 7.42. The van der Waals surface area contributed by atoms with Crippen molar-refractivity contribution in [3.8, 4) is 0 Å². The molecule has 0 aromatic carbocycles. The number of hydrogen-bond donors (Lipinski definition) is 1. The van der Waals surface area contributed by atoms with Crippen molar-refractivity contribution in [1.29, 1.82) is 0 Å². The summed E-state index contributed by atoms with van der Waals surface area (Å²) in [5, 5.41) is 18.7. The van der Waals surface area contributed by atoms with Crippen LogP contribution in [0.25, 0.3) is 0 Å². The number of carbonyl (C=O) groups excluding carboxylic acids is 1. The highest BCUT2D eigenvalue weighted by Gasteiger charge is 2.14. The number of aryl methyl sites for hydroxylation is 1. The smallest absolute Gasteiger partial charge is 0.249 e. The van der Waals surface area contributed by atoms with Gasteiger partial charge in [-0.3, -0.25) is 4.79 Å². The summed E-state index contributed by atoms with van der Waals surface area (Å²) in [6.45, 7) is 2.58. The van der Waals surface area contributed by atoms with Gasteiger partial charge in [-0.05, 0) is 37.3 Å². The van der Waals surface area contributed by atoms with Gasteiger partial charge in [-0.25, -0.2) is 4.68 Å². The second-order valence-electron chi connectivity index (χ2n) is 5.46. The molecular formula is C14H19N7O. The Morgan fingerprint density at radius 3 is 3.09 bits per heavy atom. The third-order valence-corrected chi connectivity index (χ3v) is 3.63. The number of tetrazole rings is 1. The van der Waals surface area contributed by atoms with Crippen molar-refractivity contribution >= 4 is 11.7 Å². The quantitative estimate of drug-likeness (QED) is 0.837. The summed E-state index contributed by atoms with van der Waals surface area (Å²) in [4.78, 5) is 13.3. The Morgan fingerprint density at radius 2 is 2.36 bits per heavy atom. The zero-order chi connectivity index (χ0) is 15.4. The van der Waals surface area contributed by atoms with Crippen molar-refractivity contribution < 1.29 is 4.79 Å². The maximum absolute atomic E-state index is 12.0. The molecule has 2 aromatic heterocycles. The molecule has 8 nitrogen and oxygen atoms in total. The standard InChI is InChI=1S/C14H19N7O/c1-11-17-19-21(18-11)10-14(22)16-13-7-8-15-20(13)9-12-5-3-2-4-6-12/h2-3,7-8,12H,4-6,9-10H2,1H3,(H,16,22). The van der Waals surface area contributed by atoms with E-state index in [1.165, 1.54) is 4.80 Å². The molecule has 1 aliphatic carbocycles. The zero-order valence-corrected chi connectivity index (χ0v) is 12.5. The van der Waals surface area contributed by atoms with Crippen molar-refractivity contribution in [3.63, 3.8) is 0 Å². The lowest BCUT2D eigenvalue weighted by Gasteiger charge is -2.19. The van der Waals surface area contributed by atoms with Crippen LogP contribution in [0, 0.1) is 12.8 Å². The number of carbonyl (C=O) groups is 1. The van der Waals surface area contributed by atoms with Crippen LogP contribution in [0.4, 0.5) is 5.82 Å². The Labute approximate surface area is 128 Å². The van der Waals surface area contributed by atoms with E-state index in [1.54, 1.807) is 19.2 Å². The van der Waals surface area contributed by atoms with E-state index in [0.717, 1.165) is 25.8 Å². The molecule has 0 spiro atoms. The van der Waals surface area contributed by atoms with E-state index in [9.17, 15) is 4.79 Å². The minimum atomic E-state index is -0.192. The van der Waals surface area contributed by atoms with E-state index in [-0.39, 0.29) is 12.5 Å². The van der Waals surface area contributed by atoms with Crippen molar-refractivity contribution in [2.45, 2.75) is 39.3 Å². The monoisotopic (exact) mass is 301 g/mol. The summed E-state index contributed by atoms with van der Waals surface area (Å²) in [5.41, 5.74) is 0. The maximum Gasteiger partial charge on any atom is 0.249 e. The van der Waals surface area contributed by atoms with Crippen LogP contribution in [-0.4, -0.2) is 35.9 Å². The molecule has 0 fully saturated rings. The van der Waals surface area contributed by atoms with Crippen LogP contribution in [0.2, 0.25) is 0 Å². The Balaban J connectivity index is 1.59. The molecule has 8 heteroatoms. The predicted octanol–water partition coefficient (Wildman–Crippen LogP) is 1.17. The minimum Gasteiger partial charge on any atom is -0.309 e. The van der Waals surface area contributed by atoms with E-state index in [2.05, 4.69) is 38.0 Å². The Bertz CT molecular complexity index is 672. The van der Waals surface area contributed by atoms with Gasteiger partial charge in [0.05, 0.1) is 6.20 Å². The van der Waals surface area contributed by atoms with Crippen LogP contribution in [0.5, 0.6) is 0 Å². The third-order valence-electron chi connectivity index (χ3n) is 3.63. The summed E-state index contributed by atoms with van der Waals surface area (Å²) in [6.07, 6.45) is 9.47. The summed E-state index contributed by atoms with van der Waals surface area (Å²) in [7, 11) is 0. The maximum atomic E-state index is 12.0. The largest absolute Gasteiger partial charge is 0.309 e. The van der Waals surface area contributed by atoms with Gasteiger partial charge in [0.15, 0.2) is 5.82 Å². The minimum absolute atomic E-state index is 0.0399. The van der Waals surface area contributed by atoms with Crippen LogP contribution in [0.1, 0.15) is 25.1 Å². The van der Waals surface area contributed by atoms with Gasteiger partial charge in [0, 0.05) is 12.6 Å². The molecule has 0 radical (unpaired) electrons. The van der Waals surface area contributed by atoms with E-state index in [1.807, 2.05) is 4.68 Å². The molecule has 3 rings (SSSR count). The lowest BCUT2D eigenvalue weighted by Crippen LogP contribution is -2.23. The fourth-order valence-corrected chi connectivity index (χ4v) is 2.55. The van der Waals surface area contributed by atoms with Crippen LogP contribution >= 0.6 is 0 Å². The Morgan fingerprint density at radius 1 is 1.45 bits per heavy atom. The highest BCUT2D eigenvalue weighted by Crippen LogP contribution is 2.21. The number of aromatic nitrogens is 6. The highest BCUT2D eigenvalue weighted by atomic mass is 16.2. The van der Waals surface area contributed by atoms with Gasteiger partial charge >= 0.3 is 0 Å². The van der Waals surface area contributed by atoms with Gasteiger partial charge in [-0.2, -0.15) is 9.90 Å². The molecule has 1 unspecified atom stereocenters. The van der Waals surface area contributed by atoms with Crippen molar-refractivity contribution in [3.05, 3.63) is 30.2 Å². The van der Waals surface area contributed by atoms with Crippen LogP contribution in [0.15, 0.2) is 24.4 Å². The second kappa shape index (κ2) is 6.50. The first kappa shape index (κ1) is 14.4. The van der Waals surface area contributed by atoms with E-state index < -0.39 is 0 Å². The van der Waals surface area contributed by atoms with E-state index in [0.29, 0.717) is 17.6 Å². The van der Waals surface area contributed by atoms with Crippen molar-refractivity contribution in [2.75, 3.05) is 5.32 Å². The molecule has 2 aromatic rings. The average molecular weight is 301 g/mol.